The number of para-hydroxylation sites is 1. The first-order valence-electron chi connectivity index (χ1n) is 10.3. The highest BCUT2D eigenvalue weighted by Gasteiger charge is 2.19. The summed E-state index contributed by atoms with van der Waals surface area (Å²) in [7, 11) is 0. The second kappa shape index (κ2) is 9.35. The Bertz CT molecular complexity index is 1180. The van der Waals surface area contributed by atoms with Crippen LogP contribution in [0.5, 0.6) is 5.75 Å². The number of benzene rings is 3. The standard InChI is InChI=1S/C25H24BrNO3/c1-2-29-25(28)24-20(19-13-8-14-21(26)23(19)27-24)12-5-6-16-30-22-15-7-10-17-9-3-4-11-18(17)22/h3-4,7-11,13-15,27H,2,5-6,12,16H2,1H3. The lowest BCUT2D eigenvalue weighted by atomic mass is 10.0. The van der Waals surface area contributed by atoms with Gasteiger partial charge in [-0.3, -0.25) is 0 Å². The van der Waals surface area contributed by atoms with Gasteiger partial charge in [-0.1, -0.05) is 48.5 Å². The van der Waals surface area contributed by atoms with E-state index in [1.807, 2.05) is 49.4 Å². The van der Waals surface area contributed by atoms with Gasteiger partial charge in [-0.25, -0.2) is 4.79 Å². The maximum absolute atomic E-state index is 12.5. The van der Waals surface area contributed by atoms with Crippen LogP contribution in [0.3, 0.4) is 0 Å². The Balaban J connectivity index is 1.44. The first kappa shape index (κ1) is 20.5. The number of carbonyl (C=O) groups excluding carboxylic acids is 1. The summed E-state index contributed by atoms with van der Waals surface area (Å²) in [4.78, 5) is 15.7. The van der Waals surface area contributed by atoms with Crippen molar-refractivity contribution in [1.82, 2.24) is 4.98 Å². The normalized spacial score (nSPS) is 11.1. The Labute approximate surface area is 184 Å². The summed E-state index contributed by atoms with van der Waals surface area (Å²) in [5, 5.41) is 3.37. The third-order valence-electron chi connectivity index (χ3n) is 5.20. The smallest absolute Gasteiger partial charge is 0.355 e. The van der Waals surface area contributed by atoms with E-state index in [-0.39, 0.29) is 5.97 Å². The number of rotatable bonds is 8. The average molecular weight is 466 g/mol. The molecule has 0 atom stereocenters. The topological polar surface area (TPSA) is 51.3 Å². The highest BCUT2D eigenvalue weighted by atomic mass is 79.9. The van der Waals surface area contributed by atoms with E-state index in [1.54, 1.807) is 0 Å². The van der Waals surface area contributed by atoms with Gasteiger partial charge in [0.1, 0.15) is 11.4 Å². The molecule has 154 valence electrons. The lowest BCUT2D eigenvalue weighted by molar-refractivity contribution is 0.0519. The number of aromatic nitrogens is 1. The van der Waals surface area contributed by atoms with Crippen LogP contribution < -0.4 is 4.74 Å². The number of hydrogen-bond donors (Lipinski definition) is 1. The zero-order valence-corrected chi connectivity index (χ0v) is 18.5. The Morgan fingerprint density at radius 3 is 2.60 bits per heavy atom. The molecule has 0 amide bonds. The van der Waals surface area contributed by atoms with Crippen LogP contribution in [0.15, 0.2) is 65.1 Å². The van der Waals surface area contributed by atoms with E-state index in [1.165, 1.54) is 5.39 Å². The second-order valence-corrected chi connectivity index (χ2v) is 8.00. The molecule has 0 aliphatic carbocycles. The molecule has 0 saturated carbocycles. The Morgan fingerprint density at radius 2 is 1.73 bits per heavy atom. The number of carbonyl (C=O) groups is 1. The average Bonchev–Trinajstić information content (AvgIpc) is 3.14. The van der Waals surface area contributed by atoms with Gasteiger partial charge in [-0.15, -0.1) is 0 Å². The minimum Gasteiger partial charge on any atom is -0.493 e. The van der Waals surface area contributed by atoms with E-state index in [4.69, 9.17) is 9.47 Å². The van der Waals surface area contributed by atoms with Crippen LogP contribution in [0.25, 0.3) is 21.7 Å². The lowest BCUT2D eigenvalue weighted by Gasteiger charge is -2.09. The third-order valence-corrected chi connectivity index (χ3v) is 5.86. The fourth-order valence-electron chi connectivity index (χ4n) is 3.78. The maximum atomic E-state index is 12.5. The molecule has 3 aromatic carbocycles. The number of aryl methyl sites for hydroxylation is 1. The van der Waals surface area contributed by atoms with Gasteiger partial charge in [0.15, 0.2) is 0 Å². The van der Waals surface area contributed by atoms with Crippen LogP contribution in [0.4, 0.5) is 0 Å². The Morgan fingerprint density at radius 1 is 0.967 bits per heavy atom. The van der Waals surface area contributed by atoms with Crippen molar-refractivity contribution in [3.05, 3.63) is 76.4 Å². The fourth-order valence-corrected chi connectivity index (χ4v) is 4.25. The molecule has 0 saturated heterocycles. The van der Waals surface area contributed by atoms with Gasteiger partial charge in [0.2, 0.25) is 0 Å². The molecule has 0 aliphatic heterocycles. The number of esters is 1. The van der Waals surface area contributed by atoms with Crippen molar-refractivity contribution < 1.29 is 14.3 Å². The van der Waals surface area contributed by atoms with Gasteiger partial charge in [-0.2, -0.15) is 0 Å². The van der Waals surface area contributed by atoms with E-state index in [0.29, 0.717) is 18.9 Å². The SMILES string of the molecule is CCOC(=O)c1[nH]c2c(Br)cccc2c1CCCCOc1cccc2ccccc12. The van der Waals surface area contributed by atoms with Gasteiger partial charge >= 0.3 is 5.97 Å². The molecule has 0 aliphatic rings. The number of aromatic amines is 1. The van der Waals surface area contributed by atoms with Crippen molar-refractivity contribution >= 4 is 43.6 Å². The number of fused-ring (bicyclic) bond motifs is 2. The van der Waals surface area contributed by atoms with E-state index in [9.17, 15) is 4.79 Å². The molecule has 0 spiro atoms. The van der Waals surface area contributed by atoms with Gasteiger partial charge in [0.05, 0.1) is 18.7 Å². The van der Waals surface area contributed by atoms with Crippen LogP contribution in [-0.2, 0) is 11.2 Å². The van der Waals surface area contributed by atoms with E-state index < -0.39 is 0 Å². The minimum atomic E-state index is -0.303. The van der Waals surface area contributed by atoms with Gasteiger partial charge in [-0.05, 0) is 65.2 Å². The van der Waals surface area contributed by atoms with Crippen molar-refractivity contribution in [2.45, 2.75) is 26.2 Å². The van der Waals surface area contributed by atoms with Crippen molar-refractivity contribution in [3.8, 4) is 5.75 Å². The van der Waals surface area contributed by atoms with Gasteiger partial charge in [0, 0.05) is 15.2 Å². The summed E-state index contributed by atoms with van der Waals surface area (Å²) in [5.74, 6) is 0.610. The Kier molecular flexibility index (Phi) is 6.38. The molecule has 0 fully saturated rings. The van der Waals surface area contributed by atoms with Crippen LogP contribution in [0.2, 0.25) is 0 Å². The molecule has 30 heavy (non-hydrogen) atoms. The maximum Gasteiger partial charge on any atom is 0.355 e. The minimum absolute atomic E-state index is 0.303. The molecule has 0 bridgehead atoms. The molecule has 4 rings (SSSR count). The summed E-state index contributed by atoms with van der Waals surface area (Å²) in [5.41, 5.74) is 2.49. The summed E-state index contributed by atoms with van der Waals surface area (Å²) in [6, 6.07) is 20.4. The highest BCUT2D eigenvalue weighted by Crippen LogP contribution is 2.30. The van der Waals surface area contributed by atoms with E-state index in [0.717, 1.165) is 51.3 Å². The highest BCUT2D eigenvalue weighted by molar-refractivity contribution is 9.10. The quantitative estimate of drug-likeness (QED) is 0.233. The molecule has 1 aromatic heterocycles. The predicted octanol–water partition coefficient (Wildman–Crippen LogP) is 6.66. The van der Waals surface area contributed by atoms with Gasteiger partial charge in [0.25, 0.3) is 0 Å². The molecule has 0 unspecified atom stereocenters. The van der Waals surface area contributed by atoms with Gasteiger partial charge < -0.3 is 14.5 Å². The van der Waals surface area contributed by atoms with E-state index >= 15 is 0 Å². The first-order valence-corrected chi connectivity index (χ1v) is 11.0. The molecule has 1 N–H and O–H groups in total. The lowest BCUT2D eigenvalue weighted by Crippen LogP contribution is -2.08. The van der Waals surface area contributed by atoms with E-state index in [2.05, 4.69) is 39.1 Å². The second-order valence-electron chi connectivity index (χ2n) is 7.14. The van der Waals surface area contributed by atoms with Crippen molar-refractivity contribution in [2.24, 2.45) is 0 Å². The monoisotopic (exact) mass is 465 g/mol. The van der Waals surface area contributed by atoms with Crippen molar-refractivity contribution in [1.29, 1.82) is 0 Å². The molecule has 4 nitrogen and oxygen atoms in total. The zero-order valence-electron chi connectivity index (χ0n) is 16.9. The number of unbranched alkanes of at least 4 members (excludes halogenated alkanes) is 1. The number of halogens is 1. The van der Waals surface area contributed by atoms with Crippen molar-refractivity contribution in [2.75, 3.05) is 13.2 Å². The number of H-pyrrole nitrogens is 1. The van der Waals surface area contributed by atoms with Crippen LogP contribution in [0, 0.1) is 0 Å². The zero-order chi connectivity index (χ0) is 20.9. The number of ether oxygens (including phenoxy) is 2. The molecule has 4 aromatic rings. The third kappa shape index (κ3) is 4.21. The number of hydrogen-bond acceptors (Lipinski definition) is 3. The Hall–Kier alpha value is -2.79. The fraction of sp³-hybridized carbons (Fsp3) is 0.240. The van der Waals surface area contributed by atoms with Crippen LogP contribution in [-0.4, -0.2) is 24.2 Å². The predicted molar refractivity (Wildman–Crippen MR) is 124 cm³/mol. The van der Waals surface area contributed by atoms with Crippen LogP contribution in [0.1, 0.15) is 35.8 Å². The first-order chi connectivity index (χ1) is 14.7. The summed E-state index contributed by atoms with van der Waals surface area (Å²) < 4.78 is 12.2. The number of nitrogens with one attached hydrogen (secondary N) is 1. The molecular formula is C25H24BrNO3. The molecule has 0 radical (unpaired) electrons. The van der Waals surface area contributed by atoms with Crippen molar-refractivity contribution in [3.63, 3.8) is 0 Å². The molecule has 5 heteroatoms. The van der Waals surface area contributed by atoms with Crippen LogP contribution >= 0.6 is 15.9 Å². The molecular weight excluding hydrogens is 442 g/mol. The summed E-state index contributed by atoms with van der Waals surface area (Å²) in [6.45, 7) is 2.81. The summed E-state index contributed by atoms with van der Waals surface area (Å²) >= 11 is 3.57. The largest absolute Gasteiger partial charge is 0.493 e. The summed E-state index contributed by atoms with van der Waals surface area (Å²) in [6.07, 6.45) is 2.59. The molecule has 1 heterocycles.